The van der Waals surface area contributed by atoms with Crippen LogP contribution in [0.25, 0.3) is 5.82 Å². The van der Waals surface area contributed by atoms with Crippen molar-refractivity contribution in [3.8, 4) is 5.82 Å². The number of aromatic nitrogens is 4. The Balaban J connectivity index is 2.50. The second kappa shape index (κ2) is 4.86. The number of nitrogens with two attached hydrogens (primary N) is 1. The molecule has 18 heavy (non-hydrogen) atoms. The third-order valence-electron chi connectivity index (χ3n) is 3.19. The Bertz CT molecular complexity index is 541. The average Bonchev–Trinajstić information content (AvgIpc) is 2.65. The molecule has 0 aliphatic heterocycles. The van der Waals surface area contributed by atoms with Gasteiger partial charge in [0.05, 0.1) is 11.4 Å². The van der Waals surface area contributed by atoms with Crippen LogP contribution in [0.15, 0.2) is 12.1 Å². The molecule has 0 amide bonds. The van der Waals surface area contributed by atoms with Crippen molar-refractivity contribution in [3.05, 3.63) is 34.8 Å². The lowest BCUT2D eigenvalue weighted by Gasteiger charge is -2.09. The molecule has 0 spiro atoms. The van der Waals surface area contributed by atoms with Crippen molar-refractivity contribution in [2.75, 3.05) is 6.54 Å². The topological polar surface area (TPSA) is 69.6 Å². The molecule has 2 N–H and O–H groups in total. The summed E-state index contributed by atoms with van der Waals surface area (Å²) in [5.74, 6) is 1.05. The van der Waals surface area contributed by atoms with E-state index in [1.807, 2.05) is 37.6 Å². The highest BCUT2D eigenvalue weighted by Crippen LogP contribution is 2.23. The highest BCUT2D eigenvalue weighted by Gasteiger charge is 2.17. The van der Waals surface area contributed by atoms with E-state index in [-0.39, 0.29) is 0 Å². The normalized spacial score (nSPS) is 12.7. The largest absolute Gasteiger partial charge is 0.330 e. The lowest BCUT2D eigenvalue weighted by Crippen LogP contribution is -2.11. The molecule has 5 heteroatoms. The first kappa shape index (κ1) is 12.7. The summed E-state index contributed by atoms with van der Waals surface area (Å²) in [4.78, 5) is 0. The van der Waals surface area contributed by atoms with Gasteiger partial charge in [-0.15, -0.1) is 5.10 Å². The molecule has 0 aliphatic rings. The molecule has 2 rings (SSSR count). The van der Waals surface area contributed by atoms with Crippen LogP contribution < -0.4 is 5.73 Å². The van der Waals surface area contributed by atoms with Crippen LogP contribution in [-0.2, 0) is 0 Å². The zero-order chi connectivity index (χ0) is 13.3. The van der Waals surface area contributed by atoms with Gasteiger partial charge in [-0.3, -0.25) is 0 Å². The molecule has 0 fully saturated rings. The Kier molecular flexibility index (Phi) is 3.43. The summed E-state index contributed by atoms with van der Waals surface area (Å²) in [5, 5.41) is 12.8. The summed E-state index contributed by atoms with van der Waals surface area (Å²) in [6.45, 7) is 8.70. The molecule has 5 nitrogen and oxygen atoms in total. The van der Waals surface area contributed by atoms with Crippen molar-refractivity contribution >= 4 is 0 Å². The zero-order valence-electron chi connectivity index (χ0n) is 11.3. The van der Waals surface area contributed by atoms with Crippen molar-refractivity contribution in [1.82, 2.24) is 20.0 Å². The van der Waals surface area contributed by atoms with E-state index in [0.717, 1.165) is 22.9 Å². The summed E-state index contributed by atoms with van der Waals surface area (Å²) in [5.41, 5.74) is 9.95. The number of aryl methyl sites for hydroxylation is 2. The minimum absolute atomic E-state index is 0.303. The first-order valence-corrected chi connectivity index (χ1v) is 6.11. The second-order valence-corrected chi connectivity index (χ2v) is 4.67. The van der Waals surface area contributed by atoms with Crippen LogP contribution in [0.1, 0.15) is 35.5 Å². The number of hydrogen-bond donors (Lipinski definition) is 1. The number of hydrogen-bond acceptors (Lipinski definition) is 4. The van der Waals surface area contributed by atoms with Crippen molar-refractivity contribution in [1.29, 1.82) is 0 Å². The van der Waals surface area contributed by atoms with Crippen LogP contribution in [0, 0.1) is 20.8 Å². The predicted molar refractivity (Wildman–Crippen MR) is 70.8 cm³/mol. The standard InChI is InChI=1S/C13H19N5/c1-8(7-14)13-10(3)17-18(11(13)4)12-6-5-9(2)15-16-12/h5-6,8H,7,14H2,1-4H3. The van der Waals surface area contributed by atoms with Crippen molar-refractivity contribution < 1.29 is 0 Å². The monoisotopic (exact) mass is 245 g/mol. The molecule has 0 radical (unpaired) electrons. The smallest absolute Gasteiger partial charge is 0.175 e. The van der Waals surface area contributed by atoms with E-state index in [4.69, 9.17) is 5.73 Å². The van der Waals surface area contributed by atoms with Gasteiger partial charge in [0.2, 0.25) is 0 Å². The lowest BCUT2D eigenvalue weighted by atomic mass is 9.99. The Hall–Kier alpha value is -1.75. The van der Waals surface area contributed by atoms with Gasteiger partial charge in [0.1, 0.15) is 0 Å². The van der Waals surface area contributed by atoms with Crippen molar-refractivity contribution in [2.45, 2.75) is 33.6 Å². The van der Waals surface area contributed by atoms with Crippen LogP contribution in [0.5, 0.6) is 0 Å². The average molecular weight is 245 g/mol. The van der Waals surface area contributed by atoms with E-state index >= 15 is 0 Å². The quantitative estimate of drug-likeness (QED) is 0.892. The Morgan fingerprint density at radius 2 is 1.94 bits per heavy atom. The fourth-order valence-corrected chi connectivity index (χ4v) is 2.21. The molecule has 0 saturated carbocycles. The molecule has 1 unspecified atom stereocenters. The van der Waals surface area contributed by atoms with Gasteiger partial charge in [-0.25, -0.2) is 4.68 Å². The maximum atomic E-state index is 5.74. The first-order chi connectivity index (χ1) is 8.54. The van der Waals surface area contributed by atoms with E-state index in [1.54, 1.807) is 0 Å². The summed E-state index contributed by atoms with van der Waals surface area (Å²) in [7, 11) is 0. The fourth-order valence-electron chi connectivity index (χ4n) is 2.21. The van der Waals surface area contributed by atoms with Gasteiger partial charge >= 0.3 is 0 Å². The summed E-state index contributed by atoms with van der Waals surface area (Å²) < 4.78 is 1.84. The molecular formula is C13H19N5. The summed E-state index contributed by atoms with van der Waals surface area (Å²) >= 11 is 0. The molecule has 2 heterocycles. The Morgan fingerprint density at radius 1 is 1.22 bits per heavy atom. The van der Waals surface area contributed by atoms with Crippen molar-refractivity contribution in [2.24, 2.45) is 5.73 Å². The third kappa shape index (κ3) is 2.13. The molecule has 0 saturated heterocycles. The van der Waals surface area contributed by atoms with Gasteiger partial charge in [0, 0.05) is 11.3 Å². The molecule has 96 valence electrons. The number of nitrogens with zero attached hydrogens (tertiary/aromatic N) is 4. The number of rotatable bonds is 3. The highest BCUT2D eigenvalue weighted by atomic mass is 15.3. The van der Waals surface area contributed by atoms with Crippen molar-refractivity contribution in [3.63, 3.8) is 0 Å². The van der Waals surface area contributed by atoms with E-state index in [1.165, 1.54) is 5.56 Å². The van der Waals surface area contributed by atoms with E-state index in [0.29, 0.717) is 12.5 Å². The van der Waals surface area contributed by atoms with Crippen LogP contribution in [0.2, 0.25) is 0 Å². The summed E-state index contributed by atoms with van der Waals surface area (Å²) in [6.07, 6.45) is 0. The molecule has 0 aliphatic carbocycles. The highest BCUT2D eigenvalue weighted by molar-refractivity contribution is 5.34. The SMILES string of the molecule is Cc1ccc(-n2nc(C)c(C(C)CN)c2C)nn1. The molecule has 0 bridgehead atoms. The van der Waals surface area contributed by atoms with Crippen LogP contribution in [0.3, 0.4) is 0 Å². The molecular weight excluding hydrogens is 226 g/mol. The second-order valence-electron chi connectivity index (χ2n) is 4.67. The molecule has 0 aromatic carbocycles. The Morgan fingerprint density at radius 3 is 2.50 bits per heavy atom. The molecule has 1 atom stereocenters. The van der Waals surface area contributed by atoms with E-state index < -0.39 is 0 Å². The van der Waals surface area contributed by atoms with Gasteiger partial charge in [-0.05, 0) is 45.4 Å². The van der Waals surface area contributed by atoms with Gasteiger partial charge in [0.25, 0.3) is 0 Å². The molecule has 2 aromatic rings. The van der Waals surface area contributed by atoms with Gasteiger partial charge in [-0.2, -0.15) is 10.2 Å². The maximum absolute atomic E-state index is 5.74. The van der Waals surface area contributed by atoms with E-state index in [2.05, 4.69) is 22.2 Å². The first-order valence-electron chi connectivity index (χ1n) is 6.11. The minimum Gasteiger partial charge on any atom is -0.330 e. The maximum Gasteiger partial charge on any atom is 0.175 e. The fraction of sp³-hybridized carbons (Fsp3) is 0.462. The third-order valence-corrected chi connectivity index (χ3v) is 3.19. The Labute approximate surface area is 107 Å². The zero-order valence-corrected chi connectivity index (χ0v) is 11.3. The van der Waals surface area contributed by atoms with Crippen LogP contribution in [-0.4, -0.2) is 26.5 Å². The lowest BCUT2D eigenvalue weighted by molar-refractivity contribution is 0.752. The predicted octanol–water partition coefficient (Wildman–Crippen LogP) is 1.65. The molecule has 2 aromatic heterocycles. The van der Waals surface area contributed by atoms with Crippen LogP contribution >= 0.6 is 0 Å². The summed E-state index contributed by atoms with van der Waals surface area (Å²) in [6, 6.07) is 3.86. The van der Waals surface area contributed by atoms with Crippen LogP contribution in [0.4, 0.5) is 0 Å². The van der Waals surface area contributed by atoms with E-state index in [9.17, 15) is 0 Å². The van der Waals surface area contributed by atoms with Gasteiger partial charge in [0.15, 0.2) is 5.82 Å². The van der Waals surface area contributed by atoms with Gasteiger partial charge < -0.3 is 5.73 Å². The van der Waals surface area contributed by atoms with Gasteiger partial charge in [-0.1, -0.05) is 6.92 Å². The minimum atomic E-state index is 0.303.